The molecule has 0 aliphatic carbocycles. The van der Waals surface area contributed by atoms with Gasteiger partial charge in [-0.2, -0.15) is 0 Å². The number of unbranched alkanes of at least 4 members (excludes halogenated alkanes) is 17. The number of hydrogen-bond donors (Lipinski definition) is 4. The first-order valence-corrected chi connectivity index (χ1v) is 16.7. The highest BCUT2D eigenvalue weighted by molar-refractivity contribution is 5.85. The highest BCUT2D eigenvalue weighted by Crippen LogP contribution is 2.15. The van der Waals surface area contributed by atoms with Gasteiger partial charge in [0.25, 0.3) is 0 Å². The van der Waals surface area contributed by atoms with Crippen molar-refractivity contribution in [3.63, 3.8) is 0 Å². The molecular formula is C32H69Cl2N5O. The second-order valence-electron chi connectivity index (χ2n) is 11.3. The number of rotatable bonds is 29. The maximum absolute atomic E-state index is 13.4. The highest BCUT2D eigenvalue weighted by Gasteiger charge is 2.24. The summed E-state index contributed by atoms with van der Waals surface area (Å²) in [5.74, 6) is 0.210. The molecule has 0 saturated carbocycles. The van der Waals surface area contributed by atoms with Gasteiger partial charge in [0.15, 0.2) is 5.96 Å². The Morgan fingerprint density at radius 2 is 0.975 bits per heavy atom. The topological polar surface area (TPSA) is 94.2 Å². The van der Waals surface area contributed by atoms with Gasteiger partial charge in [0.1, 0.15) is 0 Å². The highest BCUT2D eigenvalue weighted by atomic mass is 35.5. The fourth-order valence-corrected chi connectivity index (χ4v) is 5.20. The van der Waals surface area contributed by atoms with Crippen molar-refractivity contribution < 1.29 is 4.79 Å². The Morgan fingerprint density at radius 3 is 1.40 bits per heavy atom. The van der Waals surface area contributed by atoms with Gasteiger partial charge in [0.05, 0.1) is 6.04 Å². The number of carbonyl (C=O) groups excluding carboxylic acids is 1. The van der Waals surface area contributed by atoms with Crippen molar-refractivity contribution in [2.45, 2.75) is 168 Å². The van der Waals surface area contributed by atoms with Crippen molar-refractivity contribution in [2.24, 2.45) is 5.73 Å². The number of nitrogens with zero attached hydrogens (tertiary/aromatic N) is 1. The van der Waals surface area contributed by atoms with E-state index in [1.165, 1.54) is 122 Å². The molecule has 6 nitrogen and oxygen atoms in total. The molecule has 8 heteroatoms. The maximum Gasteiger partial charge on any atom is 0.237 e. The van der Waals surface area contributed by atoms with Crippen LogP contribution in [-0.4, -0.2) is 49.0 Å². The van der Waals surface area contributed by atoms with Gasteiger partial charge in [0, 0.05) is 13.1 Å². The summed E-state index contributed by atoms with van der Waals surface area (Å²) >= 11 is 0. The molecule has 0 aromatic carbocycles. The Bertz CT molecular complexity index is 525. The van der Waals surface area contributed by atoms with Crippen LogP contribution in [0.5, 0.6) is 0 Å². The first kappa shape index (κ1) is 43.7. The van der Waals surface area contributed by atoms with E-state index >= 15 is 0 Å². The molecule has 0 spiro atoms. The number of guanidine groups is 1. The first-order valence-electron chi connectivity index (χ1n) is 16.7. The minimum Gasteiger partial charge on any atom is -0.370 e. The van der Waals surface area contributed by atoms with E-state index < -0.39 is 0 Å². The van der Waals surface area contributed by atoms with Crippen LogP contribution in [0, 0.1) is 5.41 Å². The van der Waals surface area contributed by atoms with Gasteiger partial charge in [-0.3, -0.25) is 15.1 Å². The van der Waals surface area contributed by atoms with Gasteiger partial charge in [-0.1, -0.05) is 130 Å². The van der Waals surface area contributed by atoms with E-state index in [1.807, 2.05) is 0 Å². The molecule has 0 aliphatic heterocycles. The summed E-state index contributed by atoms with van der Waals surface area (Å²) in [6.07, 6.45) is 27.3. The predicted molar refractivity (Wildman–Crippen MR) is 181 cm³/mol. The van der Waals surface area contributed by atoms with E-state index in [0.29, 0.717) is 6.54 Å². The molecule has 1 atom stereocenters. The van der Waals surface area contributed by atoms with Crippen LogP contribution < -0.4 is 16.4 Å². The molecular weight excluding hydrogens is 541 g/mol. The minimum absolute atomic E-state index is 0. The van der Waals surface area contributed by atoms with Crippen LogP contribution >= 0.6 is 24.8 Å². The molecule has 0 saturated heterocycles. The van der Waals surface area contributed by atoms with E-state index in [4.69, 9.17) is 11.1 Å². The summed E-state index contributed by atoms with van der Waals surface area (Å²) in [5, 5.41) is 13.6. The number of nitrogens with two attached hydrogens (primary N) is 1. The van der Waals surface area contributed by atoms with E-state index in [9.17, 15) is 4.79 Å². The average Bonchev–Trinajstić information content (AvgIpc) is 2.90. The van der Waals surface area contributed by atoms with Crippen LogP contribution in [0.15, 0.2) is 0 Å². The molecule has 40 heavy (non-hydrogen) atoms. The fourth-order valence-electron chi connectivity index (χ4n) is 5.20. The first-order chi connectivity index (χ1) is 18.6. The third-order valence-corrected chi connectivity index (χ3v) is 7.64. The Hall–Kier alpha value is -0.720. The Kier molecular flexibility index (Phi) is 37.7. The van der Waals surface area contributed by atoms with E-state index in [-0.39, 0.29) is 42.7 Å². The van der Waals surface area contributed by atoms with Crippen molar-refractivity contribution in [1.82, 2.24) is 15.5 Å². The lowest BCUT2D eigenvalue weighted by molar-refractivity contribution is -0.126. The Balaban J connectivity index is -0.00000684. The summed E-state index contributed by atoms with van der Waals surface area (Å²) in [5.41, 5.74) is 5.47. The summed E-state index contributed by atoms with van der Waals surface area (Å²) in [7, 11) is 0. The monoisotopic (exact) mass is 609 g/mol. The fraction of sp³-hybridized carbons (Fsp3) is 0.938. The molecule has 0 unspecified atom stereocenters. The largest absolute Gasteiger partial charge is 0.370 e. The van der Waals surface area contributed by atoms with Gasteiger partial charge >= 0.3 is 0 Å². The van der Waals surface area contributed by atoms with Gasteiger partial charge in [0.2, 0.25) is 5.91 Å². The van der Waals surface area contributed by atoms with Gasteiger partial charge in [-0.05, 0) is 45.2 Å². The molecule has 5 N–H and O–H groups in total. The second-order valence-corrected chi connectivity index (χ2v) is 11.3. The van der Waals surface area contributed by atoms with Gasteiger partial charge in [-0.25, -0.2) is 0 Å². The number of carbonyl (C=O) groups is 1. The normalized spacial score (nSPS) is 11.5. The average molecular weight is 611 g/mol. The van der Waals surface area contributed by atoms with E-state index in [2.05, 4.69) is 36.3 Å². The molecule has 0 aromatic rings. The lowest BCUT2D eigenvalue weighted by atomic mass is 10.0. The third-order valence-electron chi connectivity index (χ3n) is 7.64. The molecule has 242 valence electrons. The SMILES string of the molecule is CCCCCCCCCCCCNC(=O)[C@H](CCCNC(=N)N)N(CCCCCCC)CCCCCCC.Cl.Cl. The Morgan fingerprint density at radius 1 is 0.600 bits per heavy atom. The number of nitrogens with one attached hydrogen (secondary N) is 3. The van der Waals surface area contributed by atoms with Gasteiger partial charge < -0.3 is 16.4 Å². The quantitative estimate of drug-likeness (QED) is 0.0387. The standard InChI is InChI=1S/C32H67N5O.2ClH/c1-4-7-10-13-14-15-16-17-18-21-26-35-31(38)30(25-24-27-36-32(33)34)37(28-22-19-11-8-5-2)29-23-20-12-9-6-3;;/h30H,4-29H2,1-3H3,(H,35,38)(H4,33,34,36);2*1H/t30-;;/m0../s1. The summed E-state index contributed by atoms with van der Waals surface area (Å²) < 4.78 is 0. The van der Waals surface area contributed by atoms with Crippen LogP contribution in [0.3, 0.4) is 0 Å². The molecule has 0 aliphatic rings. The lowest BCUT2D eigenvalue weighted by Crippen LogP contribution is -2.48. The van der Waals surface area contributed by atoms with Crippen LogP contribution in [0.2, 0.25) is 0 Å². The van der Waals surface area contributed by atoms with Crippen LogP contribution in [0.1, 0.15) is 162 Å². The van der Waals surface area contributed by atoms with Gasteiger partial charge in [-0.15, -0.1) is 24.8 Å². The van der Waals surface area contributed by atoms with Crippen LogP contribution in [0.25, 0.3) is 0 Å². The second kappa shape index (κ2) is 34.5. The predicted octanol–water partition coefficient (Wildman–Crippen LogP) is 8.74. The van der Waals surface area contributed by atoms with E-state index in [0.717, 1.165) is 38.9 Å². The summed E-state index contributed by atoms with van der Waals surface area (Å²) in [6.45, 7) is 10.2. The number of halogens is 2. The van der Waals surface area contributed by atoms with Crippen molar-refractivity contribution in [3.05, 3.63) is 0 Å². The van der Waals surface area contributed by atoms with E-state index in [1.54, 1.807) is 0 Å². The summed E-state index contributed by atoms with van der Waals surface area (Å²) in [6, 6.07) is -0.0794. The van der Waals surface area contributed by atoms with Crippen LogP contribution in [-0.2, 0) is 4.79 Å². The number of hydrogen-bond acceptors (Lipinski definition) is 3. The molecule has 0 fully saturated rings. The molecule has 0 aromatic heterocycles. The third kappa shape index (κ3) is 28.8. The lowest BCUT2D eigenvalue weighted by Gasteiger charge is -2.31. The molecule has 0 radical (unpaired) electrons. The molecule has 0 bridgehead atoms. The maximum atomic E-state index is 13.4. The smallest absolute Gasteiger partial charge is 0.237 e. The molecule has 1 amide bonds. The zero-order chi connectivity index (χ0) is 28.1. The zero-order valence-electron chi connectivity index (χ0n) is 26.7. The zero-order valence-corrected chi connectivity index (χ0v) is 28.3. The summed E-state index contributed by atoms with van der Waals surface area (Å²) in [4.78, 5) is 15.9. The van der Waals surface area contributed by atoms with Crippen molar-refractivity contribution in [3.8, 4) is 0 Å². The number of amides is 1. The van der Waals surface area contributed by atoms with Crippen molar-refractivity contribution in [2.75, 3.05) is 26.2 Å². The molecule has 0 rings (SSSR count). The minimum atomic E-state index is -0.0794. The van der Waals surface area contributed by atoms with Crippen LogP contribution in [0.4, 0.5) is 0 Å². The van der Waals surface area contributed by atoms with Crippen molar-refractivity contribution in [1.29, 1.82) is 5.41 Å². The van der Waals surface area contributed by atoms with Crippen molar-refractivity contribution >= 4 is 36.7 Å². The molecule has 0 heterocycles. The Labute approximate surface area is 261 Å².